The van der Waals surface area contributed by atoms with E-state index in [1.807, 2.05) is 54.8 Å². The van der Waals surface area contributed by atoms with Gasteiger partial charge in [0.05, 0.1) is 10.7 Å². The molecule has 0 saturated carbocycles. The van der Waals surface area contributed by atoms with Crippen LogP contribution < -0.4 is 5.32 Å². The van der Waals surface area contributed by atoms with Gasteiger partial charge in [-0.05, 0) is 37.1 Å². The Bertz CT molecular complexity index is 1010. The third-order valence-corrected chi connectivity index (χ3v) is 6.39. The van der Waals surface area contributed by atoms with Gasteiger partial charge in [-0.25, -0.2) is 4.98 Å². The molecule has 4 rings (SSSR count). The minimum absolute atomic E-state index is 0.290. The number of nitrogens with one attached hydrogen (secondary N) is 1. The predicted octanol–water partition coefficient (Wildman–Crippen LogP) is 4.32. The fraction of sp³-hybridized carbons (Fsp3) is 0.190. The van der Waals surface area contributed by atoms with Crippen LogP contribution in [0.1, 0.15) is 10.6 Å². The first-order chi connectivity index (χ1) is 13.6. The van der Waals surface area contributed by atoms with Crippen LogP contribution in [0.2, 0.25) is 0 Å². The normalized spacial score (nSPS) is 15.1. The number of aromatic nitrogens is 1. The third kappa shape index (κ3) is 4.26. The van der Waals surface area contributed by atoms with Crippen LogP contribution >= 0.6 is 23.1 Å². The maximum Gasteiger partial charge on any atom is 0.320 e. The van der Waals surface area contributed by atoms with E-state index in [0.29, 0.717) is 12.1 Å². The molecule has 0 saturated heterocycles. The average Bonchev–Trinajstić information content (AvgIpc) is 3.32. The van der Waals surface area contributed by atoms with E-state index >= 15 is 0 Å². The molecule has 1 unspecified atom stereocenters. The van der Waals surface area contributed by atoms with Crippen molar-refractivity contribution in [2.45, 2.75) is 23.5 Å². The second-order valence-electron chi connectivity index (χ2n) is 6.41. The van der Waals surface area contributed by atoms with Crippen molar-refractivity contribution in [2.24, 2.45) is 0 Å². The van der Waals surface area contributed by atoms with Gasteiger partial charge in [0.25, 0.3) is 5.91 Å². The summed E-state index contributed by atoms with van der Waals surface area (Å²) in [4.78, 5) is 30.0. The molecule has 1 aliphatic rings. The van der Waals surface area contributed by atoms with Crippen molar-refractivity contribution >= 4 is 40.7 Å². The number of thiazole rings is 1. The molecule has 2 heterocycles. The lowest BCUT2D eigenvalue weighted by atomic mass is 10.1. The van der Waals surface area contributed by atoms with Crippen molar-refractivity contribution in [2.75, 3.05) is 11.9 Å². The van der Waals surface area contributed by atoms with Crippen LogP contribution in [0.4, 0.5) is 5.69 Å². The summed E-state index contributed by atoms with van der Waals surface area (Å²) in [6.07, 6.45) is 0.635. The number of amides is 1. The van der Waals surface area contributed by atoms with Crippen LogP contribution in [0.15, 0.2) is 58.8 Å². The number of thioether (sulfide) groups is 1. The highest BCUT2D eigenvalue weighted by Crippen LogP contribution is 2.37. The number of anilines is 1. The number of esters is 1. The fourth-order valence-electron chi connectivity index (χ4n) is 2.99. The Morgan fingerprint density at radius 3 is 2.86 bits per heavy atom. The minimum atomic E-state index is -0.361. The van der Waals surface area contributed by atoms with Crippen LogP contribution in [0.5, 0.6) is 0 Å². The molecule has 28 heavy (non-hydrogen) atoms. The van der Waals surface area contributed by atoms with Crippen molar-refractivity contribution < 1.29 is 14.3 Å². The number of benzene rings is 2. The second kappa shape index (κ2) is 8.16. The lowest BCUT2D eigenvalue weighted by molar-refractivity contribution is -0.146. The van der Waals surface area contributed by atoms with Crippen molar-refractivity contribution in [3.8, 4) is 11.3 Å². The van der Waals surface area contributed by atoms with E-state index in [1.54, 1.807) is 17.4 Å². The van der Waals surface area contributed by atoms with Crippen LogP contribution in [-0.4, -0.2) is 28.7 Å². The largest absolute Gasteiger partial charge is 0.455 e. The Morgan fingerprint density at radius 1 is 1.21 bits per heavy atom. The molecule has 0 aliphatic carbocycles. The monoisotopic (exact) mass is 410 g/mol. The van der Waals surface area contributed by atoms with Crippen molar-refractivity contribution in [3.63, 3.8) is 0 Å². The van der Waals surface area contributed by atoms with Crippen LogP contribution in [0.25, 0.3) is 11.3 Å². The number of ether oxygens (including phenoxy) is 1. The first-order valence-corrected chi connectivity index (χ1v) is 10.6. The number of nitrogens with zero attached hydrogens (tertiary/aromatic N) is 1. The smallest absolute Gasteiger partial charge is 0.320 e. The van der Waals surface area contributed by atoms with E-state index in [-0.39, 0.29) is 23.7 Å². The molecule has 0 bridgehead atoms. The fourth-order valence-corrected chi connectivity index (χ4v) is 4.81. The van der Waals surface area contributed by atoms with Gasteiger partial charge in [0, 0.05) is 21.5 Å². The van der Waals surface area contributed by atoms with Crippen LogP contribution in [0, 0.1) is 6.92 Å². The van der Waals surface area contributed by atoms with E-state index < -0.39 is 0 Å². The molecule has 1 aromatic heterocycles. The van der Waals surface area contributed by atoms with Crippen molar-refractivity contribution in [1.29, 1.82) is 0 Å². The summed E-state index contributed by atoms with van der Waals surface area (Å²) >= 11 is 3.07. The second-order valence-corrected chi connectivity index (χ2v) is 8.71. The summed E-state index contributed by atoms with van der Waals surface area (Å²) < 4.78 is 5.23. The summed E-state index contributed by atoms with van der Waals surface area (Å²) in [5.41, 5.74) is 3.60. The molecule has 5 nitrogen and oxygen atoms in total. The molecule has 142 valence electrons. The van der Waals surface area contributed by atoms with Gasteiger partial charge in [-0.3, -0.25) is 9.59 Å². The molecule has 0 spiro atoms. The Hall–Kier alpha value is -2.64. The summed E-state index contributed by atoms with van der Waals surface area (Å²) in [6, 6.07) is 15.4. The Kier molecular flexibility index (Phi) is 5.45. The van der Waals surface area contributed by atoms with Crippen molar-refractivity contribution in [1.82, 2.24) is 4.98 Å². The number of hydrogen-bond acceptors (Lipinski definition) is 6. The highest BCUT2D eigenvalue weighted by atomic mass is 32.2. The number of carbonyl (C=O) groups is 2. The number of aryl methyl sites for hydroxylation is 1. The Morgan fingerprint density at radius 2 is 2.07 bits per heavy atom. The first-order valence-electron chi connectivity index (χ1n) is 8.82. The molecule has 1 atom stereocenters. The Labute approximate surface area is 171 Å². The van der Waals surface area contributed by atoms with Gasteiger partial charge in [0.1, 0.15) is 5.25 Å². The summed E-state index contributed by atoms with van der Waals surface area (Å²) in [7, 11) is 0. The van der Waals surface area contributed by atoms with Gasteiger partial charge in [0.15, 0.2) is 6.61 Å². The molecule has 0 fully saturated rings. The molecular weight excluding hydrogens is 392 g/mol. The van der Waals surface area contributed by atoms with E-state index in [0.717, 1.165) is 26.7 Å². The number of carbonyl (C=O) groups excluding carboxylic acids is 2. The van der Waals surface area contributed by atoms with Gasteiger partial charge in [0.2, 0.25) is 0 Å². The molecule has 1 aliphatic heterocycles. The summed E-state index contributed by atoms with van der Waals surface area (Å²) in [6.45, 7) is 1.65. The standard InChI is InChI=1S/C21H18N2O3S2/c1-13-22-17(12-27-13)14-6-4-7-16(9-14)23-20(24)11-26-21(25)19-10-15-5-2-3-8-18(15)28-19/h2-9,12,19H,10-11H2,1H3,(H,23,24). The average molecular weight is 411 g/mol. The van der Waals surface area contributed by atoms with Crippen molar-refractivity contribution in [3.05, 3.63) is 64.5 Å². The van der Waals surface area contributed by atoms with Gasteiger partial charge < -0.3 is 10.1 Å². The lowest BCUT2D eigenvalue weighted by Crippen LogP contribution is -2.26. The SMILES string of the molecule is Cc1nc(-c2cccc(NC(=O)COC(=O)C3Cc4ccccc4S3)c2)cs1. The van der Waals surface area contributed by atoms with Crippen LogP contribution in [0.3, 0.4) is 0 Å². The zero-order valence-corrected chi connectivity index (χ0v) is 16.8. The first kappa shape index (κ1) is 18.7. The molecule has 2 aromatic carbocycles. The molecule has 7 heteroatoms. The van der Waals surface area contributed by atoms with Gasteiger partial charge in [-0.15, -0.1) is 23.1 Å². The summed E-state index contributed by atoms with van der Waals surface area (Å²) in [5.74, 6) is -0.719. The number of fused-ring (bicyclic) bond motifs is 1. The molecule has 0 radical (unpaired) electrons. The van der Waals surface area contributed by atoms with Gasteiger partial charge >= 0.3 is 5.97 Å². The molecular formula is C21H18N2O3S2. The topological polar surface area (TPSA) is 68.3 Å². The molecule has 3 aromatic rings. The molecule has 1 N–H and O–H groups in total. The third-order valence-electron chi connectivity index (χ3n) is 4.32. The highest BCUT2D eigenvalue weighted by Gasteiger charge is 2.29. The van der Waals surface area contributed by atoms with Crippen LogP contribution in [-0.2, 0) is 20.7 Å². The Balaban J connectivity index is 1.31. The van der Waals surface area contributed by atoms with Gasteiger partial charge in [-0.2, -0.15) is 0 Å². The lowest BCUT2D eigenvalue weighted by Gasteiger charge is -2.10. The summed E-state index contributed by atoms with van der Waals surface area (Å²) in [5, 5.41) is 5.45. The van der Waals surface area contributed by atoms with Gasteiger partial charge in [-0.1, -0.05) is 30.3 Å². The number of hydrogen-bond donors (Lipinski definition) is 1. The zero-order chi connectivity index (χ0) is 19.5. The molecule has 1 amide bonds. The quantitative estimate of drug-likeness (QED) is 0.635. The van der Waals surface area contributed by atoms with E-state index in [2.05, 4.69) is 10.3 Å². The zero-order valence-electron chi connectivity index (χ0n) is 15.2. The maximum absolute atomic E-state index is 12.3. The predicted molar refractivity (Wildman–Crippen MR) is 112 cm³/mol. The minimum Gasteiger partial charge on any atom is -0.455 e. The highest BCUT2D eigenvalue weighted by molar-refractivity contribution is 8.01. The maximum atomic E-state index is 12.3. The van der Waals surface area contributed by atoms with E-state index in [9.17, 15) is 9.59 Å². The van der Waals surface area contributed by atoms with E-state index in [1.165, 1.54) is 11.8 Å². The van der Waals surface area contributed by atoms with E-state index in [4.69, 9.17) is 4.74 Å². The number of rotatable bonds is 5.